The predicted molar refractivity (Wildman–Crippen MR) is 73.6 cm³/mol. The fraction of sp³-hybridized carbons (Fsp3) is 0.727. The van der Waals surface area contributed by atoms with Crippen LogP contribution >= 0.6 is 23.1 Å². The third kappa shape index (κ3) is 4.63. The number of carbonyl (C=O) groups excluding carboxylic acids is 1. The fourth-order valence-electron chi connectivity index (χ4n) is 1.38. The molecule has 0 aliphatic carbocycles. The van der Waals surface area contributed by atoms with E-state index < -0.39 is 0 Å². The Bertz CT molecular complexity index is 361. The number of hydrogen-bond donors (Lipinski definition) is 1. The molecule has 0 spiro atoms. The first-order valence-electron chi connectivity index (χ1n) is 5.87. The third-order valence-corrected chi connectivity index (χ3v) is 4.26. The highest BCUT2D eigenvalue weighted by Gasteiger charge is 2.16. The fourth-order valence-corrected chi connectivity index (χ4v) is 3.35. The van der Waals surface area contributed by atoms with Crippen LogP contribution in [-0.4, -0.2) is 21.4 Å². The lowest BCUT2D eigenvalue weighted by molar-refractivity contribution is -0.120. The van der Waals surface area contributed by atoms with E-state index in [4.69, 9.17) is 0 Å². The Kier molecular flexibility index (Phi) is 5.91. The monoisotopic (exact) mass is 273 g/mol. The molecule has 1 rings (SSSR count). The van der Waals surface area contributed by atoms with Crippen molar-refractivity contribution in [1.29, 1.82) is 0 Å². The summed E-state index contributed by atoms with van der Waals surface area (Å²) in [5.74, 6) is 0.118. The zero-order chi connectivity index (χ0) is 12.8. The number of nitrogens with zero attached hydrogens (tertiary/aromatic N) is 2. The zero-order valence-corrected chi connectivity index (χ0v) is 12.3. The van der Waals surface area contributed by atoms with Crippen molar-refractivity contribution in [2.24, 2.45) is 5.92 Å². The van der Waals surface area contributed by atoms with Crippen LogP contribution in [0.2, 0.25) is 0 Å². The minimum Gasteiger partial charge on any atom is -0.300 e. The van der Waals surface area contributed by atoms with Crippen LogP contribution in [0.5, 0.6) is 0 Å². The van der Waals surface area contributed by atoms with E-state index in [2.05, 4.69) is 29.4 Å². The van der Waals surface area contributed by atoms with Crippen LogP contribution in [0.25, 0.3) is 0 Å². The lowest BCUT2D eigenvalue weighted by atomic mass is 10.0. The number of anilines is 1. The average Bonchev–Trinajstić information content (AvgIpc) is 2.66. The Morgan fingerprint density at radius 1 is 1.35 bits per heavy atom. The molecule has 1 amide bonds. The maximum atomic E-state index is 11.8. The molecule has 0 bridgehead atoms. The molecule has 1 aromatic heterocycles. The summed E-state index contributed by atoms with van der Waals surface area (Å²) in [6.07, 6.45) is 1.71. The van der Waals surface area contributed by atoms with Crippen molar-refractivity contribution in [2.75, 3.05) is 5.32 Å². The van der Waals surface area contributed by atoms with Crippen molar-refractivity contribution in [3.05, 3.63) is 0 Å². The minimum absolute atomic E-state index is 0.0484. The first-order valence-corrected chi connectivity index (χ1v) is 7.57. The Morgan fingerprint density at radius 2 is 2.00 bits per heavy atom. The second-order valence-electron chi connectivity index (χ2n) is 4.04. The summed E-state index contributed by atoms with van der Waals surface area (Å²) in [4.78, 5) is 11.8. The van der Waals surface area contributed by atoms with Gasteiger partial charge in [0.1, 0.15) is 0 Å². The van der Waals surface area contributed by atoms with Crippen molar-refractivity contribution in [3.63, 3.8) is 0 Å². The molecule has 6 heteroatoms. The molecule has 0 radical (unpaired) electrons. The van der Waals surface area contributed by atoms with Crippen molar-refractivity contribution < 1.29 is 4.79 Å². The Labute approximate surface area is 111 Å². The molecule has 96 valence electrons. The van der Waals surface area contributed by atoms with Crippen LogP contribution in [0.4, 0.5) is 5.13 Å². The van der Waals surface area contributed by atoms with Gasteiger partial charge in [0, 0.05) is 11.2 Å². The van der Waals surface area contributed by atoms with E-state index in [-0.39, 0.29) is 11.8 Å². The summed E-state index contributed by atoms with van der Waals surface area (Å²) in [7, 11) is 0. The predicted octanol–water partition coefficient (Wildman–Crippen LogP) is 3.41. The van der Waals surface area contributed by atoms with Gasteiger partial charge in [-0.3, -0.25) is 4.79 Å². The summed E-state index contributed by atoms with van der Waals surface area (Å²) in [5.41, 5.74) is 0. The van der Waals surface area contributed by atoms with Crippen molar-refractivity contribution >= 4 is 34.1 Å². The molecule has 0 saturated heterocycles. The standard InChI is InChI=1S/C11H19N3OS2/c1-5-8(6-2)9(15)12-10-13-14-11(17-10)16-7(3)4/h7-8H,5-6H2,1-4H3,(H,12,13,15). The quantitative estimate of drug-likeness (QED) is 0.637. The highest BCUT2D eigenvalue weighted by Crippen LogP contribution is 2.28. The molecule has 0 fully saturated rings. The van der Waals surface area contributed by atoms with Gasteiger partial charge < -0.3 is 5.32 Å². The lowest BCUT2D eigenvalue weighted by Gasteiger charge is -2.09. The number of thioether (sulfide) groups is 1. The molecule has 4 nitrogen and oxygen atoms in total. The molecule has 1 aromatic rings. The van der Waals surface area contributed by atoms with E-state index in [9.17, 15) is 4.79 Å². The Balaban J connectivity index is 2.57. The third-order valence-electron chi connectivity index (χ3n) is 2.33. The number of hydrogen-bond acceptors (Lipinski definition) is 5. The highest BCUT2D eigenvalue weighted by atomic mass is 32.2. The van der Waals surface area contributed by atoms with Gasteiger partial charge in [0.05, 0.1) is 0 Å². The first kappa shape index (κ1) is 14.4. The molecule has 0 unspecified atom stereocenters. The van der Waals surface area contributed by atoms with E-state index in [0.717, 1.165) is 17.2 Å². The van der Waals surface area contributed by atoms with Gasteiger partial charge in [0.2, 0.25) is 11.0 Å². The van der Waals surface area contributed by atoms with Crippen LogP contribution in [0.1, 0.15) is 40.5 Å². The van der Waals surface area contributed by atoms with Gasteiger partial charge in [-0.15, -0.1) is 10.2 Å². The van der Waals surface area contributed by atoms with Gasteiger partial charge in [0.15, 0.2) is 4.34 Å². The molecule has 1 N–H and O–H groups in total. The van der Waals surface area contributed by atoms with E-state index in [1.807, 2.05) is 13.8 Å². The van der Waals surface area contributed by atoms with E-state index in [0.29, 0.717) is 10.4 Å². The van der Waals surface area contributed by atoms with Crippen LogP contribution in [-0.2, 0) is 4.79 Å². The number of amides is 1. The summed E-state index contributed by atoms with van der Waals surface area (Å²) in [6, 6.07) is 0. The molecular formula is C11H19N3OS2. The van der Waals surface area contributed by atoms with E-state index >= 15 is 0 Å². The summed E-state index contributed by atoms with van der Waals surface area (Å²) in [5, 5.41) is 11.9. The maximum Gasteiger partial charge on any atom is 0.229 e. The van der Waals surface area contributed by atoms with Gasteiger partial charge in [-0.2, -0.15) is 0 Å². The summed E-state index contributed by atoms with van der Waals surface area (Å²) >= 11 is 3.10. The van der Waals surface area contributed by atoms with Crippen molar-refractivity contribution in [3.8, 4) is 0 Å². The van der Waals surface area contributed by atoms with Gasteiger partial charge in [0.25, 0.3) is 0 Å². The number of carbonyl (C=O) groups is 1. The second-order valence-corrected chi connectivity index (χ2v) is 6.84. The molecule has 0 aliphatic rings. The maximum absolute atomic E-state index is 11.8. The number of nitrogens with one attached hydrogen (secondary N) is 1. The molecule has 0 aromatic carbocycles. The smallest absolute Gasteiger partial charge is 0.229 e. The highest BCUT2D eigenvalue weighted by molar-refractivity contribution is 8.01. The van der Waals surface area contributed by atoms with Crippen LogP contribution in [0.3, 0.4) is 0 Å². The molecule has 0 aliphatic heterocycles. The molecule has 0 atom stereocenters. The van der Waals surface area contributed by atoms with Crippen LogP contribution in [0, 0.1) is 5.92 Å². The van der Waals surface area contributed by atoms with Gasteiger partial charge in [-0.1, -0.05) is 50.8 Å². The minimum atomic E-state index is 0.0484. The molecule has 0 saturated carbocycles. The largest absolute Gasteiger partial charge is 0.300 e. The summed E-state index contributed by atoms with van der Waals surface area (Å²) in [6.45, 7) is 8.25. The molecule has 1 heterocycles. The Hall–Kier alpha value is -0.620. The van der Waals surface area contributed by atoms with Crippen molar-refractivity contribution in [1.82, 2.24) is 10.2 Å². The van der Waals surface area contributed by atoms with Crippen molar-refractivity contribution in [2.45, 2.75) is 50.1 Å². The zero-order valence-electron chi connectivity index (χ0n) is 10.7. The lowest BCUT2D eigenvalue weighted by Crippen LogP contribution is -2.21. The van der Waals surface area contributed by atoms with Crippen LogP contribution < -0.4 is 5.32 Å². The van der Waals surface area contributed by atoms with E-state index in [1.165, 1.54) is 11.3 Å². The number of rotatable bonds is 6. The number of aromatic nitrogens is 2. The Morgan fingerprint density at radius 3 is 2.53 bits per heavy atom. The molecular weight excluding hydrogens is 254 g/mol. The molecule has 17 heavy (non-hydrogen) atoms. The van der Waals surface area contributed by atoms with E-state index in [1.54, 1.807) is 11.8 Å². The average molecular weight is 273 g/mol. The second kappa shape index (κ2) is 6.96. The van der Waals surface area contributed by atoms with Crippen LogP contribution in [0.15, 0.2) is 4.34 Å². The van der Waals surface area contributed by atoms with Gasteiger partial charge in [-0.25, -0.2) is 0 Å². The first-order chi connectivity index (χ1) is 8.06. The van der Waals surface area contributed by atoms with Gasteiger partial charge >= 0.3 is 0 Å². The SMILES string of the molecule is CCC(CC)C(=O)Nc1nnc(SC(C)C)s1. The normalized spacial score (nSPS) is 11.2. The van der Waals surface area contributed by atoms with Gasteiger partial charge in [-0.05, 0) is 12.8 Å². The summed E-state index contributed by atoms with van der Waals surface area (Å²) < 4.78 is 0.903. The topological polar surface area (TPSA) is 54.9 Å².